The third kappa shape index (κ3) is 2.13. The summed E-state index contributed by atoms with van der Waals surface area (Å²) in [7, 11) is 0. The van der Waals surface area contributed by atoms with Gasteiger partial charge in [0.25, 0.3) is 0 Å². The third-order valence-electron chi connectivity index (χ3n) is 2.75. The fourth-order valence-electron chi connectivity index (χ4n) is 1.72. The largest absolute Gasteiger partial charge is 0.394 e. The van der Waals surface area contributed by atoms with Crippen LogP contribution >= 0.6 is 0 Å². The van der Waals surface area contributed by atoms with Crippen LogP contribution in [0.15, 0.2) is 24.3 Å². The van der Waals surface area contributed by atoms with Gasteiger partial charge in [0, 0.05) is 12.2 Å². The average Bonchev–Trinajstić information content (AvgIpc) is 2.67. The lowest BCUT2D eigenvalue weighted by atomic mass is 10.2. The molecule has 5 heteroatoms. The number of aryl methyl sites for hydroxylation is 2. The van der Waals surface area contributed by atoms with Crippen molar-refractivity contribution in [3.8, 4) is 6.07 Å². The molecule has 1 aromatic carbocycles. The zero-order valence-electron chi connectivity index (χ0n) is 10.4. The van der Waals surface area contributed by atoms with Crippen LogP contribution in [-0.4, -0.2) is 9.78 Å². The lowest BCUT2D eigenvalue weighted by molar-refractivity contribution is 0.661. The van der Waals surface area contributed by atoms with Gasteiger partial charge in [-0.2, -0.15) is 10.4 Å². The van der Waals surface area contributed by atoms with Crippen LogP contribution < -0.4 is 11.1 Å². The van der Waals surface area contributed by atoms with Crippen molar-refractivity contribution in [2.45, 2.75) is 20.4 Å². The maximum absolute atomic E-state index is 8.74. The second kappa shape index (κ2) is 4.80. The number of hydrogen-bond donors (Lipinski definition) is 2. The molecule has 2 aromatic rings. The van der Waals surface area contributed by atoms with Crippen LogP contribution in [-0.2, 0) is 6.54 Å². The van der Waals surface area contributed by atoms with Gasteiger partial charge in [-0.1, -0.05) is 0 Å². The monoisotopic (exact) mass is 241 g/mol. The summed E-state index contributed by atoms with van der Waals surface area (Å²) in [5.41, 5.74) is 8.97. The molecule has 0 aliphatic rings. The Kier molecular flexibility index (Phi) is 3.20. The maximum atomic E-state index is 8.74. The van der Waals surface area contributed by atoms with E-state index in [9.17, 15) is 0 Å². The standard InChI is InChI=1S/C13H15N5/c1-3-18-13(12(15)9(2)17-18)16-11-6-4-10(8-14)5-7-11/h4-7,16H,3,15H2,1-2H3. The Hall–Kier alpha value is -2.48. The van der Waals surface area contributed by atoms with Crippen molar-refractivity contribution in [3.05, 3.63) is 35.5 Å². The van der Waals surface area contributed by atoms with Crippen LogP contribution in [0.25, 0.3) is 0 Å². The highest BCUT2D eigenvalue weighted by Gasteiger charge is 2.11. The molecule has 0 radical (unpaired) electrons. The van der Waals surface area contributed by atoms with E-state index in [0.717, 1.165) is 23.7 Å². The first-order valence-corrected chi connectivity index (χ1v) is 5.75. The molecule has 0 saturated carbocycles. The van der Waals surface area contributed by atoms with E-state index in [1.165, 1.54) is 0 Å². The summed E-state index contributed by atoms with van der Waals surface area (Å²) in [6, 6.07) is 9.31. The fraction of sp³-hybridized carbons (Fsp3) is 0.231. The molecule has 3 N–H and O–H groups in total. The summed E-state index contributed by atoms with van der Waals surface area (Å²) in [4.78, 5) is 0. The minimum absolute atomic E-state index is 0.633. The highest BCUT2D eigenvalue weighted by atomic mass is 15.3. The molecule has 0 atom stereocenters. The predicted molar refractivity (Wildman–Crippen MR) is 71.5 cm³/mol. The summed E-state index contributed by atoms with van der Waals surface area (Å²) in [6.07, 6.45) is 0. The van der Waals surface area contributed by atoms with Gasteiger partial charge < -0.3 is 11.1 Å². The number of hydrogen-bond acceptors (Lipinski definition) is 4. The van der Waals surface area contributed by atoms with E-state index in [4.69, 9.17) is 11.0 Å². The highest BCUT2D eigenvalue weighted by molar-refractivity contribution is 5.71. The van der Waals surface area contributed by atoms with E-state index in [1.54, 1.807) is 12.1 Å². The zero-order valence-corrected chi connectivity index (χ0v) is 10.4. The normalized spacial score (nSPS) is 10.1. The lowest BCUT2D eigenvalue weighted by Crippen LogP contribution is -2.04. The van der Waals surface area contributed by atoms with Crippen molar-refractivity contribution in [1.29, 1.82) is 5.26 Å². The molecule has 5 nitrogen and oxygen atoms in total. The second-order valence-corrected chi connectivity index (χ2v) is 3.98. The minimum atomic E-state index is 0.633. The van der Waals surface area contributed by atoms with Gasteiger partial charge in [0.15, 0.2) is 5.82 Å². The van der Waals surface area contributed by atoms with E-state index in [0.29, 0.717) is 11.3 Å². The lowest BCUT2D eigenvalue weighted by Gasteiger charge is -2.09. The molecule has 92 valence electrons. The molecule has 0 aliphatic carbocycles. The molecule has 0 spiro atoms. The average molecular weight is 241 g/mol. The van der Waals surface area contributed by atoms with Crippen molar-refractivity contribution in [2.24, 2.45) is 0 Å². The SMILES string of the molecule is CCn1nc(C)c(N)c1Nc1ccc(C#N)cc1. The van der Waals surface area contributed by atoms with Gasteiger partial charge in [0.2, 0.25) is 0 Å². The third-order valence-corrected chi connectivity index (χ3v) is 2.75. The number of nitrogen functional groups attached to an aromatic ring is 1. The second-order valence-electron chi connectivity index (χ2n) is 3.98. The first-order chi connectivity index (χ1) is 8.65. The van der Waals surface area contributed by atoms with E-state index < -0.39 is 0 Å². The van der Waals surface area contributed by atoms with Crippen molar-refractivity contribution in [1.82, 2.24) is 9.78 Å². The van der Waals surface area contributed by atoms with Gasteiger partial charge in [-0.15, -0.1) is 0 Å². The van der Waals surface area contributed by atoms with Crippen molar-refractivity contribution in [2.75, 3.05) is 11.1 Å². The van der Waals surface area contributed by atoms with Crippen LogP contribution in [0.5, 0.6) is 0 Å². The van der Waals surface area contributed by atoms with E-state index in [-0.39, 0.29) is 0 Å². The van der Waals surface area contributed by atoms with Gasteiger partial charge >= 0.3 is 0 Å². The number of rotatable bonds is 3. The Morgan fingerprint density at radius 1 is 1.39 bits per heavy atom. The molecule has 0 fully saturated rings. The molecule has 0 amide bonds. The van der Waals surface area contributed by atoms with Gasteiger partial charge in [0.1, 0.15) is 0 Å². The Balaban J connectivity index is 2.30. The summed E-state index contributed by atoms with van der Waals surface area (Å²) >= 11 is 0. The molecular weight excluding hydrogens is 226 g/mol. The minimum Gasteiger partial charge on any atom is -0.394 e. The smallest absolute Gasteiger partial charge is 0.152 e. The molecule has 18 heavy (non-hydrogen) atoms. The Morgan fingerprint density at radius 2 is 2.06 bits per heavy atom. The predicted octanol–water partition coefficient (Wildman–Crippen LogP) is 2.41. The highest BCUT2D eigenvalue weighted by Crippen LogP contribution is 2.26. The van der Waals surface area contributed by atoms with Gasteiger partial charge in [0.05, 0.1) is 23.0 Å². The van der Waals surface area contributed by atoms with Crippen LogP contribution in [0.1, 0.15) is 18.2 Å². The summed E-state index contributed by atoms with van der Waals surface area (Å²) in [5, 5.41) is 16.3. The van der Waals surface area contributed by atoms with Crippen molar-refractivity contribution in [3.63, 3.8) is 0 Å². The number of aromatic nitrogens is 2. The van der Waals surface area contributed by atoms with Gasteiger partial charge in [-0.05, 0) is 38.1 Å². The zero-order chi connectivity index (χ0) is 13.1. The van der Waals surface area contributed by atoms with Crippen LogP contribution in [0.2, 0.25) is 0 Å². The summed E-state index contributed by atoms with van der Waals surface area (Å²) in [6.45, 7) is 4.64. The van der Waals surface area contributed by atoms with Crippen molar-refractivity contribution >= 4 is 17.2 Å². The van der Waals surface area contributed by atoms with Gasteiger partial charge in [-0.3, -0.25) is 0 Å². The molecule has 0 unspecified atom stereocenters. The fourth-order valence-corrected chi connectivity index (χ4v) is 1.72. The Bertz CT molecular complexity index is 589. The number of nitrogens with one attached hydrogen (secondary N) is 1. The molecular formula is C13H15N5. The maximum Gasteiger partial charge on any atom is 0.152 e. The topological polar surface area (TPSA) is 79.7 Å². The number of nitrogens with two attached hydrogens (primary N) is 1. The van der Waals surface area contributed by atoms with Crippen LogP contribution in [0, 0.1) is 18.3 Å². The first-order valence-electron chi connectivity index (χ1n) is 5.75. The van der Waals surface area contributed by atoms with E-state index in [1.807, 2.05) is 30.7 Å². The number of nitriles is 1. The molecule has 2 rings (SSSR count). The molecule has 0 bridgehead atoms. The quantitative estimate of drug-likeness (QED) is 0.864. The summed E-state index contributed by atoms with van der Waals surface area (Å²) in [5.74, 6) is 0.791. The number of nitrogens with zero attached hydrogens (tertiary/aromatic N) is 3. The molecule has 0 saturated heterocycles. The molecule has 1 aromatic heterocycles. The molecule has 1 heterocycles. The number of benzene rings is 1. The Labute approximate surface area is 106 Å². The van der Waals surface area contributed by atoms with Gasteiger partial charge in [-0.25, -0.2) is 4.68 Å². The summed E-state index contributed by atoms with van der Waals surface area (Å²) < 4.78 is 1.82. The van der Waals surface area contributed by atoms with E-state index in [2.05, 4.69) is 16.5 Å². The van der Waals surface area contributed by atoms with Crippen LogP contribution in [0.3, 0.4) is 0 Å². The number of anilines is 3. The van der Waals surface area contributed by atoms with Crippen LogP contribution in [0.4, 0.5) is 17.2 Å². The van der Waals surface area contributed by atoms with Crippen molar-refractivity contribution < 1.29 is 0 Å². The van der Waals surface area contributed by atoms with E-state index >= 15 is 0 Å². The Morgan fingerprint density at radius 3 is 2.61 bits per heavy atom. The first kappa shape index (κ1) is 12.0. The molecule has 0 aliphatic heterocycles.